The van der Waals surface area contributed by atoms with Crippen molar-refractivity contribution < 1.29 is 22.7 Å². The molecule has 0 bridgehead atoms. The molecule has 0 aliphatic heterocycles. The highest BCUT2D eigenvalue weighted by Crippen LogP contribution is 2.27. The van der Waals surface area contributed by atoms with E-state index in [-0.39, 0.29) is 16.3 Å². The van der Waals surface area contributed by atoms with Crippen LogP contribution in [0.3, 0.4) is 0 Å². The molecule has 1 amide bonds. The van der Waals surface area contributed by atoms with E-state index in [9.17, 15) is 18.0 Å². The van der Waals surface area contributed by atoms with Gasteiger partial charge in [0.1, 0.15) is 5.75 Å². The van der Waals surface area contributed by atoms with E-state index in [4.69, 9.17) is 17.3 Å². The molecule has 0 fully saturated rings. The van der Waals surface area contributed by atoms with Gasteiger partial charge in [0, 0.05) is 0 Å². The molecule has 1 rings (SSSR count). The Morgan fingerprint density at radius 1 is 1.47 bits per heavy atom. The average Bonchev–Trinajstić information content (AvgIpc) is 2.15. The number of halogens is 4. The van der Waals surface area contributed by atoms with Crippen LogP contribution in [0.15, 0.2) is 18.2 Å². The molecule has 3 nitrogen and oxygen atoms in total. The summed E-state index contributed by atoms with van der Waals surface area (Å²) in [6.07, 6.45) is -6.42. The number of hydrogen-bond acceptors (Lipinski definition) is 2. The first kappa shape index (κ1) is 13.6. The van der Waals surface area contributed by atoms with Gasteiger partial charge in [0.15, 0.2) is 6.10 Å². The monoisotopic (exact) mass is 267 g/mol. The summed E-state index contributed by atoms with van der Waals surface area (Å²) >= 11 is 5.66. The van der Waals surface area contributed by atoms with Crippen LogP contribution in [0.4, 0.5) is 13.2 Å². The van der Waals surface area contributed by atoms with Gasteiger partial charge < -0.3 is 10.5 Å². The zero-order valence-electron chi connectivity index (χ0n) is 8.72. The highest BCUT2D eigenvalue weighted by atomic mass is 35.5. The molecule has 0 aliphatic rings. The third kappa shape index (κ3) is 3.52. The van der Waals surface area contributed by atoms with Crippen molar-refractivity contribution in [3.63, 3.8) is 0 Å². The van der Waals surface area contributed by atoms with Crippen LogP contribution in [0.1, 0.15) is 17.3 Å². The Morgan fingerprint density at radius 2 is 2.06 bits per heavy atom. The van der Waals surface area contributed by atoms with Crippen LogP contribution in [0.2, 0.25) is 5.02 Å². The molecule has 0 aromatic heterocycles. The van der Waals surface area contributed by atoms with Gasteiger partial charge in [-0.15, -0.1) is 0 Å². The lowest BCUT2D eigenvalue weighted by molar-refractivity contribution is -0.189. The predicted octanol–water partition coefficient (Wildman–Crippen LogP) is 2.77. The molecule has 1 atom stereocenters. The van der Waals surface area contributed by atoms with E-state index >= 15 is 0 Å². The fraction of sp³-hybridized carbons (Fsp3) is 0.300. The highest BCUT2D eigenvalue weighted by molar-refractivity contribution is 6.33. The summed E-state index contributed by atoms with van der Waals surface area (Å²) in [7, 11) is 0. The Bertz CT molecular complexity index is 434. The number of rotatable bonds is 3. The predicted molar refractivity (Wildman–Crippen MR) is 56.1 cm³/mol. The molecular weight excluding hydrogens is 259 g/mol. The summed E-state index contributed by atoms with van der Waals surface area (Å²) in [5, 5.41) is -0.0515. The first-order chi connectivity index (χ1) is 7.71. The van der Waals surface area contributed by atoms with Crippen LogP contribution in [0, 0.1) is 0 Å². The first-order valence-corrected chi connectivity index (χ1v) is 4.92. The molecule has 94 valence electrons. The number of carbonyl (C=O) groups is 1. The highest BCUT2D eigenvalue weighted by Gasteiger charge is 2.38. The van der Waals surface area contributed by atoms with Gasteiger partial charge in [-0.05, 0) is 25.1 Å². The minimum atomic E-state index is -4.46. The summed E-state index contributed by atoms with van der Waals surface area (Å²) in [6.45, 7) is 0.871. The lowest BCUT2D eigenvalue weighted by Gasteiger charge is -2.17. The van der Waals surface area contributed by atoms with Crippen molar-refractivity contribution in [3.05, 3.63) is 28.8 Å². The van der Waals surface area contributed by atoms with Gasteiger partial charge in [0.25, 0.3) is 0 Å². The largest absolute Gasteiger partial charge is 0.481 e. The van der Waals surface area contributed by atoms with Crippen LogP contribution in [-0.2, 0) is 0 Å². The summed E-state index contributed by atoms with van der Waals surface area (Å²) in [5.41, 5.74) is 5.02. The Labute approximate surface area is 100 Å². The number of amides is 1. The standard InChI is InChI=1S/C10H9ClF3NO2/c1-5(10(12,13)14)17-6-2-3-7(9(15)16)8(11)4-6/h2-5H,1H3,(H2,15,16). The lowest BCUT2D eigenvalue weighted by Crippen LogP contribution is -2.31. The maximum absolute atomic E-state index is 12.2. The number of alkyl halides is 3. The summed E-state index contributed by atoms with van der Waals surface area (Å²) in [6, 6.07) is 3.53. The van der Waals surface area contributed by atoms with Crippen LogP contribution >= 0.6 is 11.6 Å². The van der Waals surface area contributed by atoms with Crippen molar-refractivity contribution in [2.75, 3.05) is 0 Å². The second-order valence-electron chi connectivity index (χ2n) is 3.31. The minimum absolute atomic E-state index is 0.0266. The van der Waals surface area contributed by atoms with Crippen molar-refractivity contribution in [2.24, 2.45) is 5.73 Å². The molecule has 1 unspecified atom stereocenters. The lowest BCUT2D eigenvalue weighted by atomic mass is 10.2. The smallest absolute Gasteiger partial charge is 0.425 e. The summed E-state index contributed by atoms with van der Waals surface area (Å²) in [4.78, 5) is 10.8. The molecule has 0 spiro atoms. The van der Waals surface area contributed by atoms with Crippen molar-refractivity contribution in [2.45, 2.75) is 19.2 Å². The Morgan fingerprint density at radius 3 is 2.47 bits per heavy atom. The number of primary amides is 1. The van der Waals surface area contributed by atoms with Crippen molar-refractivity contribution >= 4 is 17.5 Å². The molecule has 0 aliphatic carbocycles. The SMILES string of the molecule is CC(Oc1ccc(C(N)=O)c(Cl)c1)C(F)(F)F. The van der Waals surface area contributed by atoms with E-state index in [1.807, 2.05) is 0 Å². The van der Waals surface area contributed by atoms with Gasteiger partial charge in [0.05, 0.1) is 10.6 Å². The summed E-state index contributed by atoms with van der Waals surface area (Å²) in [5.74, 6) is -0.838. The fourth-order valence-electron chi connectivity index (χ4n) is 1.04. The fourth-order valence-corrected chi connectivity index (χ4v) is 1.30. The van der Waals surface area contributed by atoms with E-state index in [0.717, 1.165) is 13.0 Å². The molecule has 7 heteroatoms. The number of carbonyl (C=O) groups excluding carboxylic acids is 1. The van der Waals surface area contributed by atoms with E-state index in [0.29, 0.717) is 0 Å². The van der Waals surface area contributed by atoms with Gasteiger partial charge in [-0.1, -0.05) is 11.6 Å². The average molecular weight is 268 g/mol. The third-order valence-corrected chi connectivity index (χ3v) is 2.29. The first-order valence-electron chi connectivity index (χ1n) is 4.54. The van der Waals surface area contributed by atoms with Crippen LogP contribution in [0.25, 0.3) is 0 Å². The third-order valence-electron chi connectivity index (χ3n) is 1.98. The van der Waals surface area contributed by atoms with Crippen LogP contribution in [-0.4, -0.2) is 18.2 Å². The van der Waals surface area contributed by atoms with Crippen LogP contribution in [0.5, 0.6) is 5.75 Å². The molecule has 0 heterocycles. The van der Waals surface area contributed by atoms with Gasteiger partial charge in [0.2, 0.25) is 5.91 Å². The Kier molecular flexibility index (Phi) is 3.87. The van der Waals surface area contributed by atoms with Crippen molar-refractivity contribution in [1.29, 1.82) is 0 Å². The zero-order chi connectivity index (χ0) is 13.2. The topological polar surface area (TPSA) is 52.3 Å². The van der Waals surface area contributed by atoms with Gasteiger partial charge in [-0.25, -0.2) is 0 Å². The van der Waals surface area contributed by atoms with E-state index < -0.39 is 18.2 Å². The molecule has 0 saturated carbocycles. The number of hydrogen-bond donors (Lipinski definition) is 1. The van der Waals surface area contributed by atoms with Crippen LogP contribution < -0.4 is 10.5 Å². The molecular formula is C10H9ClF3NO2. The van der Waals surface area contributed by atoms with E-state index in [1.54, 1.807) is 0 Å². The maximum atomic E-state index is 12.2. The van der Waals surface area contributed by atoms with Gasteiger partial charge >= 0.3 is 6.18 Å². The normalized spacial score (nSPS) is 13.2. The number of benzene rings is 1. The van der Waals surface area contributed by atoms with Crippen molar-refractivity contribution in [3.8, 4) is 5.75 Å². The molecule has 0 saturated heterocycles. The summed E-state index contributed by atoms with van der Waals surface area (Å²) < 4.78 is 41.3. The maximum Gasteiger partial charge on any atom is 0.425 e. The van der Waals surface area contributed by atoms with E-state index in [1.165, 1.54) is 12.1 Å². The Balaban J connectivity index is 2.88. The molecule has 17 heavy (non-hydrogen) atoms. The molecule has 1 aromatic rings. The second-order valence-corrected chi connectivity index (χ2v) is 3.71. The molecule has 1 aromatic carbocycles. The second kappa shape index (κ2) is 4.83. The Hall–Kier alpha value is -1.43. The van der Waals surface area contributed by atoms with Gasteiger partial charge in [-0.2, -0.15) is 13.2 Å². The molecule has 0 radical (unpaired) electrons. The minimum Gasteiger partial charge on any atom is -0.481 e. The zero-order valence-corrected chi connectivity index (χ0v) is 9.47. The van der Waals surface area contributed by atoms with Gasteiger partial charge in [-0.3, -0.25) is 4.79 Å². The molecule has 2 N–H and O–H groups in total. The van der Waals surface area contributed by atoms with E-state index in [2.05, 4.69) is 4.74 Å². The van der Waals surface area contributed by atoms with Crippen molar-refractivity contribution in [1.82, 2.24) is 0 Å². The number of nitrogens with two attached hydrogens (primary N) is 1. The number of ether oxygens (including phenoxy) is 1. The quantitative estimate of drug-likeness (QED) is 0.915.